The molecule has 0 N–H and O–H groups in total. The highest BCUT2D eigenvalue weighted by Crippen LogP contribution is 2.04. The average molecular weight is 172 g/mol. The Morgan fingerprint density at radius 1 is 1.08 bits per heavy atom. The lowest BCUT2D eigenvalue weighted by molar-refractivity contribution is -0.499. The van der Waals surface area contributed by atoms with Gasteiger partial charge in [0, 0.05) is 0 Å². The highest BCUT2D eigenvalue weighted by Gasteiger charge is 1.90. The predicted molar refractivity (Wildman–Crippen MR) is 50.2 cm³/mol. The number of nitrogens with zero attached hydrogens (tertiary/aromatic N) is 2. The molecule has 0 saturated heterocycles. The fraction of sp³-hybridized carbons (Fsp3) is 1.00. The largest absolute Gasteiger partial charge is 0.600 e. The second kappa shape index (κ2) is 8.50. The van der Waals surface area contributed by atoms with E-state index in [-0.39, 0.29) is 0 Å². The lowest BCUT2D eigenvalue weighted by Crippen LogP contribution is -1.92. The van der Waals surface area contributed by atoms with Crippen molar-refractivity contribution in [1.82, 2.24) is 0 Å². The molecule has 0 aromatic rings. The van der Waals surface area contributed by atoms with E-state index >= 15 is 0 Å². The minimum atomic E-state index is 0.645. The summed E-state index contributed by atoms with van der Waals surface area (Å²) in [5.74, 6) is 0. The van der Waals surface area contributed by atoms with Crippen molar-refractivity contribution in [2.24, 2.45) is 5.11 Å². The normalized spacial score (nSPS) is 12.0. The Kier molecular flexibility index (Phi) is 8.07. The Morgan fingerprint density at radius 3 is 2.25 bits per heavy atom. The van der Waals surface area contributed by atoms with Gasteiger partial charge in [-0.2, -0.15) is 0 Å². The smallest absolute Gasteiger partial charge is 0.171 e. The molecule has 72 valence electrons. The monoisotopic (exact) mass is 172 g/mol. The first-order chi connectivity index (χ1) is 5.77. The summed E-state index contributed by atoms with van der Waals surface area (Å²) in [6, 6.07) is 0. The van der Waals surface area contributed by atoms with E-state index in [9.17, 15) is 5.21 Å². The molecule has 0 aromatic heterocycles. The van der Waals surface area contributed by atoms with Gasteiger partial charge in [-0.1, -0.05) is 39.0 Å². The third kappa shape index (κ3) is 9.40. The van der Waals surface area contributed by atoms with Gasteiger partial charge in [0.15, 0.2) is 7.05 Å². The van der Waals surface area contributed by atoms with Gasteiger partial charge in [-0.05, 0) is 11.5 Å². The molecule has 0 aliphatic heterocycles. The van der Waals surface area contributed by atoms with Gasteiger partial charge in [0.1, 0.15) is 6.54 Å². The van der Waals surface area contributed by atoms with Crippen LogP contribution in [-0.4, -0.2) is 18.5 Å². The molecule has 0 saturated carbocycles. The Balaban J connectivity index is 2.96. The summed E-state index contributed by atoms with van der Waals surface area (Å²) in [5.41, 5.74) is 0. The van der Waals surface area contributed by atoms with Crippen molar-refractivity contribution in [1.29, 1.82) is 0 Å². The summed E-state index contributed by atoms with van der Waals surface area (Å²) >= 11 is 0. The maximum Gasteiger partial charge on any atom is 0.171 e. The van der Waals surface area contributed by atoms with Gasteiger partial charge in [0.25, 0.3) is 0 Å². The standard InChI is InChI=1S/C9H20N2O/c1-3-4-5-6-7-8-9-10-11(2)12/h3-9H2,1-2H3. The number of hydroxylamine groups is 1. The third-order valence-electron chi connectivity index (χ3n) is 1.81. The third-order valence-corrected chi connectivity index (χ3v) is 1.81. The number of unbranched alkanes of at least 4 members (excludes halogenated alkanes) is 5. The van der Waals surface area contributed by atoms with Crippen molar-refractivity contribution < 1.29 is 4.86 Å². The van der Waals surface area contributed by atoms with E-state index in [0.29, 0.717) is 11.4 Å². The molecule has 0 amide bonds. The molecule has 12 heavy (non-hydrogen) atoms. The van der Waals surface area contributed by atoms with E-state index in [0.717, 1.165) is 6.42 Å². The second-order valence-corrected chi connectivity index (χ2v) is 3.10. The van der Waals surface area contributed by atoms with Crippen LogP contribution in [0, 0.1) is 5.21 Å². The van der Waals surface area contributed by atoms with Crippen molar-refractivity contribution in [2.45, 2.75) is 45.4 Å². The number of rotatable bonds is 7. The van der Waals surface area contributed by atoms with Gasteiger partial charge in [-0.15, -0.1) is 4.86 Å². The molecule has 0 rings (SSSR count). The van der Waals surface area contributed by atoms with Crippen LogP contribution in [0.5, 0.6) is 0 Å². The van der Waals surface area contributed by atoms with Crippen LogP contribution in [0.1, 0.15) is 45.4 Å². The molecule has 0 radical (unpaired) electrons. The Hall–Kier alpha value is -0.600. The van der Waals surface area contributed by atoms with Gasteiger partial charge in [0.2, 0.25) is 0 Å². The molecule has 0 atom stereocenters. The summed E-state index contributed by atoms with van der Waals surface area (Å²) in [4.78, 5) is 0.645. The summed E-state index contributed by atoms with van der Waals surface area (Å²) < 4.78 is 0. The van der Waals surface area contributed by atoms with Gasteiger partial charge in [0.05, 0.1) is 0 Å². The van der Waals surface area contributed by atoms with E-state index < -0.39 is 0 Å². The molecule has 3 nitrogen and oxygen atoms in total. The van der Waals surface area contributed by atoms with Crippen molar-refractivity contribution in [3.8, 4) is 0 Å². The molecule has 3 heteroatoms. The maximum atomic E-state index is 10.3. The molecule has 0 aromatic carbocycles. The molecule has 0 fully saturated rings. The minimum Gasteiger partial charge on any atom is -0.600 e. The molecule has 0 spiro atoms. The highest BCUT2D eigenvalue weighted by atomic mass is 16.5. The first kappa shape index (κ1) is 11.4. The number of hydrogen-bond acceptors (Lipinski definition) is 2. The number of azo groups is 1. The minimum absolute atomic E-state index is 0.645. The van der Waals surface area contributed by atoms with Crippen LogP contribution in [-0.2, 0) is 0 Å². The lowest BCUT2D eigenvalue weighted by atomic mass is 10.1. The molecular weight excluding hydrogens is 152 g/mol. The van der Waals surface area contributed by atoms with E-state index in [1.807, 2.05) is 0 Å². The van der Waals surface area contributed by atoms with Crippen molar-refractivity contribution in [2.75, 3.05) is 13.6 Å². The zero-order chi connectivity index (χ0) is 9.23. The lowest BCUT2D eigenvalue weighted by Gasteiger charge is -1.96. The molecular formula is C9H20N2O. The van der Waals surface area contributed by atoms with E-state index in [1.165, 1.54) is 39.2 Å². The quantitative estimate of drug-likeness (QED) is 0.252. The SMILES string of the molecule is CCCCCCCCN=[N+](C)[O-]. The van der Waals surface area contributed by atoms with E-state index in [2.05, 4.69) is 12.0 Å². The van der Waals surface area contributed by atoms with E-state index in [1.54, 1.807) is 0 Å². The highest BCUT2D eigenvalue weighted by molar-refractivity contribution is 4.44. The summed E-state index contributed by atoms with van der Waals surface area (Å²) in [6.07, 6.45) is 7.48. The van der Waals surface area contributed by atoms with Crippen LogP contribution >= 0.6 is 0 Å². The topological polar surface area (TPSA) is 38.4 Å². The van der Waals surface area contributed by atoms with Crippen molar-refractivity contribution in [3.63, 3.8) is 0 Å². The summed E-state index contributed by atoms with van der Waals surface area (Å²) in [5, 5.41) is 14.0. The molecule has 0 unspecified atom stereocenters. The average Bonchev–Trinajstić information content (AvgIpc) is 2.02. The Bertz CT molecular complexity index is 120. The van der Waals surface area contributed by atoms with E-state index in [4.69, 9.17) is 0 Å². The van der Waals surface area contributed by atoms with Gasteiger partial charge in [-0.3, -0.25) is 0 Å². The fourth-order valence-electron chi connectivity index (χ4n) is 1.10. The molecule has 0 bridgehead atoms. The fourth-order valence-corrected chi connectivity index (χ4v) is 1.10. The van der Waals surface area contributed by atoms with Gasteiger partial charge < -0.3 is 5.21 Å². The van der Waals surface area contributed by atoms with Gasteiger partial charge in [-0.25, -0.2) is 0 Å². The zero-order valence-electron chi connectivity index (χ0n) is 8.25. The van der Waals surface area contributed by atoms with Crippen LogP contribution in [0.3, 0.4) is 0 Å². The van der Waals surface area contributed by atoms with Crippen LogP contribution in [0.25, 0.3) is 0 Å². The van der Waals surface area contributed by atoms with Crippen LogP contribution in [0.15, 0.2) is 5.11 Å². The van der Waals surface area contributed by atoms with Crippen molar-refractivity contribution in [3.05, 3.63) is 5.21 Å². The zero-order valence-corrected chi connectivity index (χ0v) is 8.25. The second-order valence-electron chi connectivity index (χ2n) is 3.10. The number of hydrogen-bond donors (Lipinski definition) is 0. The predicted octanol–water partition coefficient (Wildman–Crippen LogP) is 2.94. The van der Waals surface area contributed by atoms with Crippen molar-refractivity contribution >= 4 is 0 Å². The Labute approximate surface area is 75.1 Å². The first-order valence-electron chi connectivity index (χ1n) is 4.85. The van der Waals surface area contributed by atoms with Gasteiger partial charge >= 0.3 is 0 Å². The van der Waals surface area contributed by atoms with Crippen LogP contribution in [0.2, 0.25) is 0 Å². The molecule has 0 heterocycles. The summed E-state index contributed by atoms with van der Waals surface area (Å²) in [6.45, 7) is 2.90. The molecule has 0 aliphatic carbocycles. The maximum absolute atomic E-state index is 10.3. The van der Waals surface area contributed by atoms with Crippen LogP contribution < -0.4 is 0 Å². The van der Waals surface area contributed by atoms with Crippen LogP contribution in [0.4, 0.5) is 0 Å². The molecule has 0 aliphatic rings. The summed E-state index contributed by atoms with van der Waals surface area (Å²) in [7, 11) is 1.43. The first-order valence-corrected chi connectivity index (χ1v) is 4.85. The Morgan fingerprint density at radius 2 is 1.67 bits per heavy atom.